The van der Waals surface area contributed by atoms with Crippen LogP contribution in [0.25, 0.3) is 0 Å². The number of ether oxygens (including phenoxy) is 1. The highest BCUT2D eigenvalue weighted by molar-refractivity contribution is 7.91. The standard InChI is InChI=1S/C12H16N2O4S/c13-10-2-1-3-11(8-10)18-9-12(15)14-4-6-19(16,17)7-5-14/h1-3,8H,4-7,9,13H2. The number of carbonyl (C=O) groups excluding carboxylic acids is 1. The SMILES string of the molecule is Nc1cccc(OCC(=O)N2CCS(=O)(=O)CC2)c1. The second-order valence-corrected chi connectivity index (χ2v) is 6.70. The number of hydrogen-bond donors (Lipinski definition) is 1. The van der Waals surface area contributed by atoms with E-state index in [1.54, 1.807) is 24.3 Å². The fraction of sp³-hybridized carbons (Fsp3) is 0.417. The Morgan fingerprint density at radius 1 is 1.32 bits per heavy atom. The minimum Gasteiger partial charge on any atom is -0.484 e. The lowest BCUT2D eigenvalue weighted by Gasteiger charge is -2.26. The third-order valence-electron chi connectivity index (χ3n) is 2.92. The maximum Gasteiger partial charge on any atom is 0.260 e. The molecule has 1 heterocycles. The minimum atomic E-state index is -2.97. The molecule has 1 aromatic carbocycles. The highest BCUT2D eigenvalue weighted by atomic mass is 32.2. The summed E-state index contributed by atoms with van der Waals surface area (Å²) in [6, 6.07) is 6.81. The summed E-state index contributed by atoms with van der Waals surface area (Å²) in [5.41, 5.74) is 6.16. The summed E-state index contributed by atoms with van der Waals surface area (Å²) in [5, 5.41) is 0. The van der Waals surface area contributed by atoms with Gasteiger partial charge in [0.15, 0.2) is 16.4 Å². The normalized spacial score (nSPS) is 18.0. The number of nitrogens with two attached hydrogens (primary N) is 1. The van der Waals surface area contributed by atoms with E-state index in [1.165, 1.54) is 4.90 Å². The molecular formula is C12H16N2O4S. The molecule has 0 unspecified atom stereocenters. The maximum atomic E-state index is 11.8. The molecule has 0 aliphatic carbocycles. The van der Waals surface area contributed by atoms with Gasteiger partial charge in [-0.3, -0.25) is 4.79 Å². The van der Waals surface area contributed by atoms with Crippen LogP contribution in [0, 0.1) is 0 Å². The summed E-state index contributed by atoms with van der Waals surface area (Å²) in [5.74, 6) is 0.365. The summed E-state index contributed by atoms with van der Waals surface area (Å²) in [7, 11) is -2.97. The van der Waals surface area contributed by atoms with Gasteiger partial charge in [0.05, 0.1) is 11.5 Å². The monoisotopic (exact) mass is 284 g/mol. The Morgan fingerprint density at radius 3 is 2.63 bits per heavy atom. The Bertz CT molecular complexity index is 557. The Labute approximate surface area is 112 Å². The predicted octanol–water partition coefficient (Wildman–Crippen LogP) is -0.0954. The van der Waals surface area contributed by atoms with Crippen molar-refractivity contribution in [1.82, 2.24) is 4.90 Å². The zero-order valence-electron chi connectivity index (χ0n) is 10.4. The molecule has 7 heteroatoms. The third-order valence-corrected chi connectivity index (χ3v) is 4.53. The molecule has 0 radical (unpaired) electrons. The zero-order chi connectivity index (χ0) is 13.9. The summed E-state index contributed by atoms with van der Waals surface area (Å²) >= 11 is 0. The van der Waals surface area contributed by atoms with Crippen LogP contribution in [0.1, 0.15) is 0 Å². The quantitative estimate of drug-likeness (QED) is 0.783. The lowest BCUT2D eigenvalue weighted by molar-refractivity contribution is -0.133. The molecule has 0 saturated carbocycles. The van der Waals surface area contributed by atoms with Crippen molar-refractivity contribution < 1.29 is 17.9 Å². The van der Waals surface area contributed by atoms with E-state index in [-0.39, 0.29) is 37.1 Å². The van der Waals surface area contributed by atoms with Crippen LogP contribution >= 0.6 is 0 Å². The number of nitrogens with zero attached hydrogens (tertiary/aromatic N) is 1. The van der Waals surface area contributed by atoms with Crippen molar-refractivity contribution in [3.05, 3.63) is 24.3 Å². The van der Waals surface area contributed by atoms with Gasteiger partial charge in [0.2, 0.25) is 0 Å². The average Bonchev–Trinajstić information content (AvgIpc) is 2.36. The van der Waals surface area contributed by atoms with Gasteiger partial charge in [0, 0.05) is 24.8 Å². The number of nitrogen functional groups attached to an aromatic ring is 1. The second kappa shape index (κ2) is 5.48. The average molecular weight is 284 g/mol. The van der Waals surface area contributed by atoms with Gasteiger partial charge in [-0.25, -0.2) is 8.42 Å². The fourth-order valence-corrected chi connectivity index (χ4v) is 3.00. The molecule has 2 N–H and O–H groups in total. The molecule has 0 atom stereocenters. The van der Waals surface area contributed by atoms with E-state index in [0.717, 1.165) is 0 Å². The van der Waals surface area contributed by atoms with Gasteiger partial charge >= 0.3 is 0 Å². The fourth-order valence-electron chi connectivity index (χ4n) is 1.80. The van der Waals surface area contributed by atoms with Crippen LogP contribution in [-0.2, 0) is 14.6 Å². The minimum absolute atomic E-state index is 0.0248. The van der Waals surface area contributed by atoms with E-state index in [0.29, 0.717) is 11.4 Å². The molecule has 0 aromatic heterocycles. The Hall–Kier alpha value is -1.76. The molecule has 2 rings (SSSR count). The Balaban J connectivity index is 1.85. The number of anilines is 1. The van der Waals surface area contributed by atoms with Gasteiger partial charge in [-0.15, -0.1) is 0 Å². The van der Waals surface area contributed by atoms with Crippen molar-refractivity contribution >= 4 is 21.4 Å². The van der Waals surface area contributed by atoms with Gasteiger partial charge in [0.1, 0.15) is 5.75 Å². The number of amides is 1. The molecule has 0 spiro atoms. The van der Waals surface area contributed by atoms with E-state index in [1.807, 2.05) is 0 Å². The maximum absolute atomic E-state index is 11.8. The van der Waals surface area contributed by atoms with Crippen LogP contribution in [0.5, 0.6) is 5.75 Å². The van der Waals surface area contributed by atoms with Crippen LogP contribution in [0.15, 0.2) is 24.3 Å². The molecule has 1 amide bonds. The van der Waals surface area contributed by atoms with Crippen molar-refractivity contribution in [2.45, 2.75) is 0 Å². The topological polar surface area (TPSA) is 89.7 Å². The van der Waals surface area contributed by atoms with E-state index in [2.05, 4.69) is 0 Å². The van der Waals surface area contributed by atoms with Crippen LogP contribution in [0.2, 0.25) is 0 Å². The molecule has 1 fully saturated rings. The predicted molar refractivity (Wildman–Crippen MR) is 71.6 cm³/mol. The Morgan fingerprint density at radius 2 is 2.00 bits per heavy atom. The van der Waals surface area contributed by atoms with Crippen molar-refractivity contribution in [3.63, 3.8) is 0 Å². The van der Waals surface area contributed by atoms with Gasteiger partial charge in [-0.2, -0.15) is 0 Å². The summed E-state index contributed by atoms with van der Waals surface area (Å²) in [4.78, 5) is 13.3. The van der Waals surface area contributed by atoms with E-state index < -0.39 is 9.84 Å². The van der Waals surface area contributed by atoms with Crippen LogP contribution in [0.4, 0.5) is 5.69 Å². The van der Waals surface area contributed by atoms with Gasteiger partial charge in [-0.1, -0.05) is 6.07 Å². The second-order valence-electron chi connectivity index (χ2n) is 4.39. The number of sulfone groups is 1. The zero-order valence-corrected chi connectivity index (χ0v) is 11.2. The van der Waals surface area contributed by atoms with Gasteiger partial charge in [0.25, 0.3) is 5.91 Å². The highest BCUT2D eigenvalue weighted by Gasteiger charge is 2.25. The molecule has 1 aliphatic heterocycles. The van der Waals surface area contributed by atoms with E-state index >= 15 is 0 Å². The number of hydrogen-bond acceptors (Lipinski definition) is 5. The molecule has 0 bridgehead atoms. The third kappa shape index (κ3) is 3.85. The highest BCUT2D eigenvalue weighted by Crippen LogP contribution is 2.14. The molecule has 1 saturated heterocycles. The molecule has 19 heavy (non-hydrogen) atoms. The smallest absolute Gasteiger partial charge is 0.260 e. The largest absolute Gasteiger partial charge is 0.484 e. The first-order valence-corrected chi connectivity index (χ1v) is 7.75. The molecular weight excluding hydrogens is 268 g/mol. The van der Waals surface area contributed by atoms with Crippen LogP contribution < -0.4 is 10.5 Å². The summed E-state index contributed by atoms with van der Waals surface area (Å²) in [6.45, 7) is 0.367. The molecule has 1 aromatic rings. The van der Waals surface area contributed by atoms with Crippen molar-refractivity contribution in [2.75, 3.05) is 36.9 Å². The van der Waals surface area contributed by atoms with Crippen molar-refractivity contribution in [2.24, 2.45) is 0 Å². The van der Waals surface area contributed by atoms with Crippen LogP contribution in [-0.4, -0.2) is 50.4 Å². The van der Waals surface area contributed by atoms with E-state index in [9.17, 15) is 13.2 Å². The number of carbonyl (C=O) groups is 1. The summed E-state index contributed by atoms with van der Waals surface area (Å²) < 4.78 is 27.8. The number of rotatable bonds is 3. The van der Waals surface area contributed by atoms with Crippen molar-refractivity contribution in [1.29, 1.82) is 0 Å². The summed E-state index contributed by atoms with van der Waals surface area (Å²) in [6.07, 6.45) is 0. The first kappa shape index (κ1) is 13.7. The lowest BCUT2D eigenvalue weighted by atomic mass is 10.3. The molecule has 104 valence electrons. The van der Waals surface area contributed by atoms with Crippen molar-refractivity contribution in [3.8, 4) is 5.75 Å². The van der Waals surface area contributed by atoms with Gasteiger partial charge < -0.3 is 15.4 Å². The molecule has 1 aliphatic rings. The van der Waals surface area contributed by atoms with E-state index in [4.69, 9.17) is 10.5 Å². The molecule has 6 nitrogen and oxygen atoms in total. The lowest BCUT2D eigenvalue weighted by Crippen LogP contribution is -2.45. The van der Waals surface area contributed by atoms with Gasteiger partial charge in [-0.05, 0) is 12.1 Å². The number of benzene rings is 1. The van der Waals surface area contributed by atoms with Crippen LogP contribution in [0.3, 0.4) is 0 Å². The first-order valence-electron chi connectivity index (χ1n) is 5.93. The Kier molecular flexibility index (Phi) is 3.94. The first-order chi connectivity index (χ1) is 8.96.